The molecule has 3 rings (SSSR count). The van der Waals surface area contributed by atoms with Crippen LogP contribution in [0.15, 0.2) is 17.8 Å². The van der Waals surface area contributed by atoms with E-state index in [1.807, 2.05) is 45.9 Å². The Labute approximate surface area is 139 Å². The molecule has 2 heterocycles. The van der Waals surface area contributed by atoms with Crippen molar-refractivity contribution < 1.29 is 4.79 Å². The standard InChI is InChI=1S/C15H22N4OS2/c1-3-21-13-5-4-12(8-13)18(2)14(20)16-9-11-10-19-6-7-22-15(19)17-11/h6-7,10,12-13H,3-5,8-9H2,1-2H3,(H,16,20)/t12-,13-/m1/s1. The third kappa shape index (κ3) is 3.41. The SMILES string of the molecule is CCS[C@@H]1CC[C@@H](N(C)C(=O)NCc2cn3ccsc3n2)C1. The Kier molecular flexibility index (Phi) is 4.93. The minimum absolute atomic E-state index is 0.00324. The first-order valence-corrected chi connectivity index (χ1v) is 9.63. The van der Waals surface area contributed by atoms with Gasteiger partial charge in [-0.3, -0.25) is 4.40 Å². The van der Waals surface area contributed by atoms with Crippen molar-refractivity contribution in [3.63, 3.8) is 0 Å². The van der Waals surface area contributed by atoms with E-state index in [1.54, 1.807) is 11.3 Å². The van der Waals surface area contributed by atoms with Gasteiger partial charge in [-0.25, -0.2) is 9.78 Å². The van der Waals surface area contributed by atoms with Gasteiger partial charge in [0.15, 0.2) is 4.96 Å². The zero-order valence-electron chi connectivity index (χ0n) is 13.0. The molecule has 0 spiro atoms. The summed E-state index contributed by atoms with van der Waals surface area (Å²) in [6.45, 7) is 2.68. The van der Waals surface area contributed by atoms with Crippen LogP contribution in [0.4, 0.5) is 4.79 Å². The second-order valence-electron chi connectivity index (χ2n) is 5.64. The molecule has 0 unspecified atom stereocenters. The fourth-order valence-corrected chi connectivity index (χ4v) is 4.83. The first-order valence-electron chi connectivity index (χ1n) is 7.70. The Hall–Kier alpha value is -1.21. The first kappa shape index (κ1) is 15.7. The number of nitrogens with one attached hydrogen (secondary N) is 1. The molecule has 0 saturated heterocycles. The molecule has 2 amide bonds. The molecule has 1 fully saturated rings. The van der Waals surface area contributed by atoms with E-state index in [9.17, 15) is 4.79 Å². The maximum Gasteiger partial charge on any atom is 0.317 e. The molecule has 22 heavy (non-hydrogen) atoms. The third-order valence-electron chi connectivity index (χ3n) is 4.19. The lowest BCUT2D eigenvalue weighted by molar-refractivity contribution is 0.190. The minimum Gasteiger partial charge on any atom is -0.332 e. The number of urea groups is 1. The van der Waals surface area contributed by atoms with Crippen LogP contribution in [-0.4, -0.2) is 44.4 Å². The number of hydrogen-bond acceptors (Lipinski definition) is 4. The Bertz CT molecular complexity index is 610. The van der Waals surface area contributed by atoms with Crippen molar-refractivity contribution in [3.8, 4) is 0 Å². The number of nitrogens with zero attached hydrogens (tertiary/aromatic N) is 3. The topological polar surface area (TPSA) is 49.6 Å². The lowest BCUT2D eigenvalue weighted by Crippen LogP contribution is -2.42. The van der Waals surface area contributed by atoms with Crippen molar-refractivity contribution >= 4 is 34.1 Å². The number of thioether (sulfide) groups is 1. The van der Waals surface area contributed by atoms with E-state index in [0.717, 1.165) is 29.2 Å². The van der Waals surface area contributed by atoms with Gasteiger partial charge in [-0.05, 0) is 25.0 Å². The van der Waals surface area contributed by atoms with E-state index in [2.05, 4.69) is 17.2 Å². The van der Waals surface area contributed by atoms with Crippen molar-refractivity contribution in [2.75, 3.05) is 12.8 Å². The van der Waals surface area contributed by atoms with Crippen LogP contribution in [-0.2, 0) is 6.54 Å². The fourth-order valence-electron chi connectivity index (χ4n) is 2.97. The van der Waals surface area contributed by atoms with Crippen molar-refractivity contribution in [2.24, 2.45) is 0 Å². The molecule has 7 heteroatoms. The zero-order valence-corrected chi connectivity index (χ0v) is 14.6. The molecule has 1 aliphatic rings. The summed E-state index contributed by atoms with van der Waals surface area (Å²) in [7, 11) is 1.91. The average molecular weight is 339 g/mol. The van der Waals surface area contributed by atoms with Gasteiger partial charge in [0.2, 0.25) is 0 Å². The van der Waals surface area contributed by atoms with Crippen LogP contribution in [0.3, 0.4) is 0 Å². The van der Waals surface area contributed by atoms with E-state index < -0.39 is 0 Å². The Balaban J connectivity index is 1.50. The number of hydrogen-bond donors (Lipinski definition) is 1. The maximum absolute atomic E-state index is 12.3. The Morgan fingerprint density at radius 2 is 2.45 bits per heavy atom. The predicted molar refractivity (Wildman–Crippen MR) is 92.6 cm³/mol. The molecule has 0 aliphatic heterocycles. The molecule has 0 radical (unpaired) electrons. The van der Waals surface area contributed by atoms with Crippen LogP contribution in [0.5, 0.6) is 0 Å². The lowest BCUT2D eigenvalue weighted by atomic mass is 10.2. The zero-order chi connectivity index (χ0) is 15.5. The number of fused-ring (bicyclic) bond motifs is 1. The Morgan fingerprint density at radius 3 is 3.23 bits per heavy atom. The number of imidazole rings is 1. The largest absolute Gasteiger partial charge is 0.332 e. The highest BCUT2D eigenvalue weighted by Gasteiger charge is 2.29. The molecule has 5 nitrogen and oxygen atoms in total. The summed E-state index contributed by atoms with van der Waals surface area (Å²) in [5.74, 6) is 1.16. The smallest absolute Gasteiger partial charge is 0.317 e. The minimum atomic E-state index is 0.00324. The molecule has 2 atom stereocenters. The van der Waals surface area contributed by atoms with Gasteiger partial charge in [-0.15, -0.1) is 11.3 Å². The van der Waals surface area contributed by atoms with Crippen LogP contribution in [0.2, 0.25) is 0 Å². The number of carbonyl (C=O) groups excluding carboxylic acids is 1. The van der Waals surface area contributed by atoms with Gasteiger partial charge in [0.25, 0.3) is 0 Å². The highest BCUT2D eigenvalue weighted by Crippen LogP contribution is 2.32. The highest BCUT2D eigenvalue weighted by atomic mass is 32.2. The normalized spacial score (nSPS) is 21.4. The molecule has 1 saturated carbocycles. The van der Waals surface area contributed by atoms with Gasteiger partial charge < -0.3 is 10.2 Å². The summed E-state index contributed by atoms with van der Waals surface area (Å²) < 4.78 is 1.99. The summed E-state index contributed by atoms with van der Waals surface area (Å²) in [5.41, 5.74) is 0.902. The fraction of sp³-hybridized carbons (Fsp3) is 0.600. The molecular formula is C15H22N4OS2. The second-order valence-corrected chi connectivity index (χ2v) is 8.09. The number of aromatic nitrogens is 2. The molecule has 120 valence electrons. The van der Waals surface area contributed by atoms with Crippen molar-refractivity contribution in [1.82, 2.24) is 19.6 Å². The van der Waals surface area contributed by atoms with Crippen LogP contribution in [0.25, 0.3) is 4.96 Å². The Morgan fingerprint density at radius 1 is 1.59 bits per heavy atom. The molecular weight excluding hydrogens is 316 g/mol. The van der Waals surface area contributed by atoms with Crippen molar-refractivity contribution in [2.45, 2.75) is 44.0 Å². The summed E-state index contributed by atoms with van der Waals surface area (Å²) in [5, 5.41) is 5.70. The summed E-state index contributed by atoms with van der Waals surface area (Å²) >= 11 is 3.62. The number of carbonyl (C=O) groups is 1. The van der Waals surface area contributed by atoms with Crippen LogP contribution >= 0.6 is 23.1 Å². The number of thiazole rings is 1. The molecule has 1 aliphatic carbocycles. The molecule has 2 aromatic heterocycles. The van der Waals surface area contributed by atoms with Crippen molar-refractivity contribution in [1.29, 1.82) is 0 Å². The predicted octanol–water partition coefficient (Wildman–Crippen LogP) is 3.21. The first-order chi connectivity index (χ1) is 10.7. The van der Waals surface area contributed by atoms with E-state index in [1.165, 1.54) is 6.42 Å². The van der Waals surface area contributed by atoms with E-state index >= 15 is 0 Å². The third-order valence-corrected chi connectivity index (χ3v) is 6.19. The molecule has 0 aromatic carbocycles. The lowest BCUT2D eigenvalue weighted by Gasteiger charge is -2.24. The van der Waals surface area contributed by atoms with E-state index in [0.29, 0.717) is 17.8 Å². The van der Waals surface area contributed by atoms with E-state index in [-0.39, 0.29) is 6.03 Å². The van der Waals surface area contributed by atoms with Crippen LogP contribution in [0.1, 0.15) is 31.9 Å². The number of rotatable bonds is 5. The average Bonchev–Trinajstić information content (AvgIpc) is 3.19. The van der Waals surface area contributed by atoms with Gasteiger partial charge in [-0.1, -0.05) is 6.92 Å². The monoisotopic (exact) mass is 338 g/mol. The molecule has 2 aromatic rings. The van der Waals surface area contributed by atoms with Crippen LogP contribution in [0, 0.1) is 0 Å². The van der Waals surface area contributed by atoms with Gasteiger partial charge in [-0.2, -0.15) is 11.8 Å². The highest BCUT2D eigenvalue weighted by molar-refractivity contribution is 7.99. The second kappa shape index (κ2) is 6.91. The van der Waals surface area contributed by atoms with Gasteiger partial charge in [0, 0.05) is 36.1 Å². The summed E-state index contributed by atoms with van der Waals surface area (Å²) in [6, 6.07) is 0.373. The molecule has 0 bridgehead atoms. The quantitative estimate of drug-likeness (QED) is 0.911. The maximum atomic E-state index is 12.3. The van der Waals surface area contributed by atoms with Crippen LogP contribution < -0.4 is 5.32 Å². The van der Waals surface area contributed by atoms with Gasteiger partial charge in [0.05, 0.1) is 12.2 Å². The van der Waals surface area contributed by atoms with Gasteiger partial charge >= 0.3 is 6.03 Å². The van der Waals surface area contributed by atoms with E-state index in [4.69, 9.17) is 0 Å². The number of amides is 2. The summed E-state index contributed by atoms with van der Waals surface area (Å²) in [6.07, 6.45) is 7.40. The molecule has 1 N–H and O–H groups in total. The van der Waals surface area contributed by atoms with Crippen molar-refractivity contribution in [3.05, 3.63) is 23.5 Å². The van der Waals surface area contributed by atoms with Gasteiger partial charge in [0.1, 0.15) is 0 Å². The summed E-state index contributed by atoms with van der Waals surface area (Å²) in [4.78, 5) is 19.6.